The van der Waals surface area contributed by atoms with Crippen molar-refractivity contribution in [1.29, 1.82) is 0 Å². The molecule has 7 aliphatic heterocycles. The number of nitrogens with zero attached hydrogens (tertiary/aromatic N) is 11. The van der Waals surface area contributed by atoms with Gasteiger partial charge in [0.15, 0.2) is 5.78 Å². The normalized spacial score (nSPS) is 18.8. The molecule has 5 aromatic carbocycles. The minimum Gasteiger partial charge on any atom is -0.480 e. The van der Waals surface area contributed by atoms with E-state index in [1.165, 1.54) is 50.7 Å². The summed E-state index contributed by atoms with van der Waals surface area (Å²) in [5.74, 6) is -8.82. The van der Waals surface area contributed by atoms with Crippen LogP contribution in [-0.2, 0) is 86.0 Å². The van der Waals surface area contributed by atoms with Gasteiger partial charge in [0, 0.05) is 116 Å². The quantitative estimate of drug-likeness (QED) is 0.0168. The summed E-state index contributed by atoms with van der Waals surface area (Å²) in [7, 11) is 3.83. The van der Waals surface area contributed by atoms with Crippen LogP contribution in [0, 0.1) is 5.92 Å². The minimum atomic E-state index is -1.09. The van der Waals surface area contributed by atoms with Gasteiger partial charge in [-0.05, 0) is 103 Å². The smallest absolute Gasteiger partial charge is 0.325 e. The number of carbonyl (C=O) groups excluding carboxylic acids is 16. The molecule has 9 N–H and O–H groups in total. The lowest BCUT2D eigenvalue weighted by Gasteiger charge is -2.25. The number of fused-ring (bicyclic) bond motifs is 5. The number of nitrogens with one attached hydrogen (secondary N) is 5. The Morgan fingerprint density at radius 1 is 0.333 bits per heavy atom. The number of rotatable bonds is 26. The minimum absolute atomic E-state index is 0.0344. The molecule has 0 aliphatic carbocycles. The van der Waals surface area contributed by atoms with E-state index >= 15 is 0 Å². The highest BCUT2D eigenvalue weighted by molar-refractivity contribution is 6.11. The lowest BCUT2D eigenvalue weighted by Crippen LogP contribution is -2.49. The molecule has 7 aliphatic rings. The Kier molecular flexibility index (Phi) is 40.6. The lowest BCUT2D eigenvalue weighted by atomic mass is 9.99. The Hall–Kier alpha value is -17.8. The number of carboxylic acid groups (broad SMARTS) is 2. The van der Waals surface area contributed by atoms with Crippen LogP contribution in [0.1, 0.15) is 111 Å². The number of aromatic nitrogens is 5. The summed E-state index contributed by atoms with van der Waals surface area (Å²) in [6.45, 7) is 2.59. The fourth-order valence-corrected chi connectivity index (χ4v) is 16.8. The number of hydrogen-bond acceptors (Lipinski definition) is 29. The van der Waals surface area contributed by atoms with Crippen LogP contribution in [0.4, 0.5) is 0 Å². The van der Waals surface area contributed by atoms with E-state index in [0.29, 0.717) is 80.9 Å². The second kappa shape index (κ2) is 54.9. The van der Waals surface area contributed by atoms with E-state index in [2.05, 4.69) is 65.7 Å². The Morgan fingerprint density at radius 3 is 0.827 bits per heavy atom. The molecule has 12 heterocycles. The van der Waals surface area contributed by atoms with Gasteiger partial charge in [0.2, 0.25) is 41.7 Å². The zero-order valence-corrected chi connectivity index (χ0v) is 82.5. The van der Waals surface area contributed by atoms with Crippen molar-refractivity contribution in [3.63, 3.8) is 0 Å². The Balaban J connectivity index is 0.000000162. The summed E-state index contributed by atoms with van der Waals surface area (Å²) in [5, 5.41) is 39.4. The van der Waals surface area contributed by atoms with Crippen LogP contribution in [0.2, 0.25) is 0 Å². The van der Waals surface area contributed by atoms with E-state index in [1.807, 2.05) is 158 Å². The molecule has 1 saturated heterocycles. The fourth-order valence-electron chi connectivity index (χ4n) is 16.8. The first-order chi connectivity index (χ1) is 72.4. The number of cyclic esters (lactones) is 1. The zero-order valence-electron chi connectivity index (χ0n) is 82.5. The molecular formula is C108H113N17O25. The molecule has 10 aromatic rings. The maximum Gasteiger partial charge on any atom is 0.325 e. The highest BCUT2D eigenvalue weighted by Crippen LogP contribution is 2.29. The molecule has 0 spiro atoms. The molecular weight excluding hydrogens is 1940 g/mol. The van der Waals surface area contributed by atoms with Gasteiger partial charge in [0.1, 0.15) is 91.4 Å². The van der Waals surface area contributed by atoms with Crippen LogP contribution in [0.5, 0.6) is 0 Å². The Bertz CT molecular complexity index is 6590. The first-order valence-electron chi connectivity index (χ1n) is 48.0. The fraction of sp³-hybridized carbons (Fsp3) is 0.306. The van der Waals surface area contributed by atoms with Crippen LogP contribution >= 0.6 is 0 Å². The van der Waals surface area contributed by atoms with E-state index in [0.717, 1.165) is 37.7 Å². The molecule has 42 heteroatoms. The van der Waals surface area contributed by atoms with Gasteiger partial charge in [0.25, 0.3) is 29.5 Å². The topological polar surface area (TPSA) is 564 Å². The molecule has 0 saturated carbocycles. The number of carbonyl (C=O) groups is 18. The van der Waals surface area contributed by atoms with Crippen molar-refractivity contribution in [2.24, 2.45) is 11.7 Å². The van der Waals surface area contributed by atoms with Gasteiger partial charge in [-0.1, -0.05) is 194 Å². The van der Waals surface area contributed by atoms with Crippen molar-refractivity contribution in [3.8, 4) is 0 Å². The Morgan fingerprint density at radius 2 is 0.573 bits per heavy atom. The van der Waals surface area contributed by atoms with Crippen LogP contribution in [-0.4, -0.2) is 320 Å². The lowest BCUT2D eigenvalue weighted by molar-refractivity contribution is -0.167. The monoisotopic (exact) mass is 2050 g/mol. The summed E-state index contributed by atoms with van der Waals surface area (Å²) in [6.07, 6.45) is 30.9. The maximum absolute atomic E-state index is 13.2. The number of pyridine rings is 5. The number of nitrogens with two attached hydrogens (primary N) is 1. The van der Waals surface area contributed by atoms with Crippen LogP contribution in [0.3, 0.4) is 0 Å². The largest absolute Gasteiger partial charge is 0.480 e. The van der Waals surface area contributed by atoms with Gasteiger partial charge >= 0.3 is 35.8 Å². The maximum atomic E-state index is 13.2. The first-order valence-corrected chi connectivity index (χ1v) is 48.0. The molecule has 0 radical (unpaired) electrons. The van der Waals surface area contributed by atoms with Gasteiger partial charge in [0.05, 0.1) is 40.3 Å². The summed E-state index contributed by atoms with van der Waals surface area (Å²) in [6, 6.07) is 41.5. The molecule has 150 heavy (non-hydrogen) atoms. The Labute approximate surface area is 860 Å². The van der Waals surface area contributed by atoms with Crippen molar-refractivity contribution in [2.45, 2.75) is 101 Å². The van der Waals surface area contributed by atoms with Gasteiger partial charge in [-0.25, -0.2) is 0 Å². The van der Waals surface area contributed by atoms with Gasteiger partial charge in [-0.3, -0.25) is 111 Å². The number of ketones is 1. The predicted molar refractivity (Wildman–Crippen MR) is 546 cm³/mol. The standard InChI is InChI=1S/C25H27N3O6.2C19H19N3O4.2C18H17N3O4.C9H14N2O3/c1-2-33-25-17(14-21(30)34-25)13-18(29)15-28-12-6-5-9-20(24(28)32)27-23(31)22-19-8-4-3-7-16(19)10-11-26-22;2*1-26-16(23)12-22-11-5-4-8-15(19(22)25)21-18(24)17-14-7-3-2-6-13(14)9-10-20-17;2*22-15(23)11-21-10-4-3-7-14(18(21)25)20-17(24)16-13-6-2-1-5-12(13)8-9-19-16;1-14-8(12)6-11-5-3-2-4-7(10)9(11)13/h3-8,10-11,17,20,25H,2,9,12-15H2,1H3,(H,27,31);2*2-7,9-10,15H,8,11-12H2,1H3,(H,21,24);2*1-6,8-9,14H,7,10-11H2,(H,20,24)(H,22,23);2-3,7H,4-6,10H2,1H3/t17-,20-,25?;2*15-;2*14-;7-/m000000/s1. The molecule has 8 atom stereocenters. The average Bonchev–Trinajstić information content (AvgIpc) is 1.52. The first kappa shape index (κ1) is 111. The number of carboxylic acids is 2. The van der Waals surface area contributed by atoms with Crippen molar-refractivity contribution in [3.05, 3.63) is 284 Å². The third-order valence-electron chi connectivity index (χ3n) is 24.4. The summed E-state index contributed by atoms with van der Waals surface area (Å²) in [4.78, 5) is 248. The molecule has 11 amide bonds. The number of amides is 11. The molecule has 1 fully saturated rings. The third kappa shape index (κ3) is 30.7. The third-order valence-corrected chi connectivity index (χ3v) is 24.4. The van der Waals surface area contributed by atoms with E-state index in [4.69, 9.17) is 25.4 Å². The van der Waals surface area contributed by atoms with Crippen LogP contribution in [0.15, 0.2) is 256 Å². The molecule has 5 aromatic heterocycles. The molecule has 1 unspecified atom stereocenters. The van der Waals surface area contributed by atoms with E-state index in [9.17, 15) is 86.3 Å². The van der Waals surface area contributed by atoms with Crippen LogP contribution < -0.4 is 32.3 Å². The molecule has 42 nitrogen and oxygen atoms in total. The molecule has 780 valence electrons. The number of esters is 4. The summed E-state index contributed by atoms with van der Waals surface area (Å²) < 4.78 is 24.3. The second-order valence-electron chi connectivity index (χ2n) is 34.7. The highest BCUT2D eigenvalue weighted by atomic mass is 16.7. The zero-order chi connectivity index (χ0) is 107. The van der Waals surface area contributed by atoms with E-state index in [1.54, 1.807) is 105 Å². The predicted octanol–water partition coefficient (Wildman–Crippen LogP) is 6.28. The number of Topliss-reactive ketones (excluding diaryl/α,β-unsaturated/α-hetero) is 1. The number of methoxy groups -OCH3 is 3. The molecule has 17 rings (SSSR count). The van der Waals surface area contributed by atoms with Crippen molar-refractivity contribution in [2.75, 3.05) is 106 Å². The van der Waals surface area contributed by atoms with Gasteiger partial charge < -0.3 is 95.6 Å². The number of benzene rings is 5. The molecule has 0 bridgehead atoms. The van der Waals surface area contributed by atoms with Crippen LogP contribution in [0.25, 0.3) is 53.9 Å². The number of ether oxygens (including phenoxy) is 5. The highest BCUT2D eigenvalue weighted by Gasteiger charge is 2.40. The van der Waals surface area contributed by atoms with Gasteiger partial charge in [-0.2, -0.15) is 0 Å². The second-order valence-corrected chi connectivity index (χ2v) is 34.7. The van der Waals surface area contributed by atoms with Gasteiger partial charge in [-0.15, -0.1) is 0 Å². The number of hydrogen-bond donors (Lipinski definition) is 8. The van der Waals surface area contributed by atoms with E-state index < -0.39 is 133 Å². The van der Waals surface area contributed by atoms with E-state index in [-0.39, 0.29) is 122 Å². The van der Waals surface area contributed by atoms with Crippen molar-refractivity contribution >= 4 is 160 Å². The van der Waals surface area contributed by atoms with Crippen molar-refractivity contribution in [1.82, 2.24) is 80.9 Å². The van der Waals surface area contributed by atoms with Crippen molar-refractivity contribution < 1.29 is 120 Å². The summed E-state index contributed by atoms with van der Waals surface area (Å²) in [5.41, 5.74) is 6.85. The number of aliphatic carboxylic acids is 2. The SMILES string of the molecule is CCOC1OC(=O)C[C@@H]1CC(=O)CN1CC=CC[C@H](NC(=O)c2nccc3ccccc23)C1=O.COC(=O)CN1CC=CC[C@H](N)C1=O.COC(=O)CN1CC=CC[C@H](NC(=O)c2nccc3ccccc23)C1=O.COC(=O)CN1CC=CC[C@H](NC(=O)c2nccc3ccccc23)C1=O.O=C(O)CN1CC=CC[C@H](NC(=O)c2nccc3ccccc23)C1=O.O=C(O)CN1CC=CC[C@H](NC(=O)c2nccc3ccccc23)C1=O. The average molecular weight is 2050 g/mol. The summed E-state index contributed by atoms with van der Waals surface area (Å²) >= 11 is 0.